The van der Waals surface area contributed by atoms with Crippen molar-refractivity contribution in [2.45, 2.75) is 53.9 Å². The second-order valence-corrected chi connectivity index (χ2v) is 10.1. The van der Waals surface area contributed by atoms with Crippen LogP contribution in [0.1, 0.15) is 58.2 Å². The van der Waals surface area contributed by atoms with Gasteiger partial charge in [-0.25, -0.2) is 0 Å². The van der Waals surface area contributed by atoms with Gasteiger partial charge in [0.15, 0.2) is 0 Å². The Morgan fingerprint density at radius 1 is 0.548 bits per heavy atom. The molecule has 4 rings (SSSR count). The molecule has 1 aliphatic carbocycles. The summed E-state index contributed by atoms with van der Waals surface area (Å²) in [6, 6.07) is 28.4. The average Bonchev–Trinajstić information content (AvgIpc) is 2.85. The third-order valence-electron chi connectivity index (χ3n) is 8.25. The molecule has 1 nitrogen and oxygen atoms in total. The quantitative estimate of drug-likeness (QED) is 0.426. The summed E-state index contributed by atoms with van der Waals surface area (Å²) >= 11 is 0. The number of para-hydroxylation sites is 2. The van der Waals surface area contributed by atoms with E-state index in [0.29, 0.717) is 0 Å². The van der Waals surface area contributed by atoms with Crippen molar-refractivity contribution in [1.82, 2.24) is 0 Å². The highest BCUT2D eigenvalue weighted by molar-refractivity contribution is 5.70. The molecule has 3 aromatic rings. The van der Waals surface area contributed by atoms with E-state index < -0.39 is 0 Å². The molecule has 1 aliphatic rings. The van der Waals surface area contributed by atoms with Crippen LogP contribution in [0.4, 0.5) is 11.4 Å². The lowest BCUT2D eigenvalue weighted by Gasteiger charge is -2.53. The van der Waals surface area contributed by atoms with Crippen molar-refractivity contribution in [3.63, 3.8) is 0 Å². The molecule has 31 heavy (non-hydrogen) atoms. The van der Waals surface area contributed by atoms with Crippen molar-refractivity contribution in [3.05, 3.63) is 107 Å². The van der Waals surface area contributed by atoms with E-state index in [1.165, 1.54) is 33.5 Å². The van der Waals surface area contributed by atoms with E-state index in [1.54, 1.807) is 0 Å². The van der Waals surface area contributed by atoms with Gasteiger partial charge in [-0.05, 0) is 55.7 Å². The monoisotopic (exact) mass is 409 g/mol. The molecule has 1 N–H and O–H groups in total. The minimum Gasteiger partial charge on any atom is -0.355 e. The first kappa shape index (κ1) is 21.4. The maximum absolute atomic E-state index is 3.75. The standard InChI is InChI=1S/C30H35N/c1-21-15-11-12-18-25(21)30(28(4,5)22(2)23(3)29(30,6)7)26-19-13-14-20-27(26)31-24-16-9-8-10-17-24/h8-20,31H,1-7H3. The van der Waals surface area contributed by atoms with E-state index in [9.17, 15) is 0 Å². The van der Waals surface area contributed by atoms with Gasteiger partial charge in [-0.1, -0.05) is 99.5 Å². The van der Waals surface area contributed by atoms with Crippen LogP contribution in [-0.2, 0) is 5.41 Å². The Labute approximate surface area is 188 Å². The van der Waals surface area contributed by atoms with Gasteiger partial charge in [0.2, 0.25) is 0 Å². The molecule has 0 atom stereocenters. The molecule has 0 radical (unpaired) electrons. The van der Waals surface area contributed by atoms with Crippen LogP contribution in [0.3, 0.4) is 0 Å². The normalized spacial score (nSPS) is 18.8. The van der Waals surface area contributed by atoms with Crippen molar-refractivity contribution in [2.75, 3.05) is 5.32 Å². The smallest absolute Gasteiger partial charge is 0.0426 e. The highest BCUT2D eigenvalue weighted by Gasteiger charge is 2.63. The summed E-state index contributed by atoms with van der Waals surface area (Å²) in [6.45, 7) is 16.7. The third-order valence-corrected chi connectivity index (χ3v) is 8.25. The van der Waals surface area contributed by atoms with E-state index in [2.05, 4.69) is 133 Å². The fourth-order valence-electron chi connectivity index (χ4n) is 6.36. The van der Waals surface area contributed by atoms with Gasteiger partial charge in [0.25, 0.3) is 0 Å². The lowest BCUT2D eigenvalue weighted by atomic mass is 9.49. The van der Waals surface area contributed by atoms with Crippen molar-refractivity contribution in [1.29, 1.82) is 0 Å². The van der Waals surface area contributed by atoms with Gasteiger partial charge in [0.1, 0.15) is 0 Å². The number of aryl methyl sites for hydroxylation is 1. The molecule has 0 amide bonds. The van der Waals surface area contributed by atoms with Gasteiger partial charge in [-0.15, -0.1) is 0 Å². The topological polar surface area (TPSA) is 12.0 Å². The zero-order valence-electron chi connectivity index (χ0n) is 20.0. The molecule has 3 aromatic carbocycles. The summed E-state index contributed by atoms with van der Waals surface area (Å²) in [5.41, 5.74) is 9.10. The Balaban J connectivity index is 2.08. The lowest BCUT2D eigenvalue weighted by Crippen LogP contribution is -2.50. The molecule has 0 heterocycles. The lowest BCUT2D eigenvalue weighted by molar-refractivity contribution is 0.155. The number of anilines is 2. The molecule has 0 saturated heterocycles. The first-order valence-electron chi connectivity index (χ1n) is 11.3. The number of rotatable bonds is 4. The maximum atomic E-state index is 3.75. The third kappa shape index (κ3) is 2.90. The van der Waals surface area contributed by atoms with Gasteiger partial charge in [0, 0.05) is 27.6 Å². The van der Waals surface area contributed by atoms with Gasteiger partial charge >= 0.3 is 0 Å². The van der Waals surface area contributed by atoms with Crippen molar-refractivity contribution in [2.24, 2.45) is 10.8 Å². The molecular weight excluding hydrogens is 374 g/mol. The highest BCUT2D eigenvalue weighted by Crippen LogP contribution is 2.69. The van der Waals surface area contributed by atoms with Gasteiger partial charge in [-0.3, -0.25) is 0 Å². The second kappa shape index (κ2) is 7.41. The van der Waals surface area contributed by atoms with Crippen molar-refractivity contribution in [3.8, 4) is 0 Å². The predicted octanol–water partition coefficient (Wildman–Crippen LogP) is 8.43. The van der Waals surface area contributed by atoms with Crippen LogP contribution in [0.15, 0.2) is 90.0 Å². The average molecular weight is 410 g/mol. The molecule has 160 valence electrons. The SMILES string of the molecule is CC1=C(C)C(C)(C)C(c2ccccc2C)(c2ccccc2Nc2ccccc2)C1(C)C. The van der Waals surface area contributed by atoms with Crippen LogP contribution in [-0.4, -0.2) is 0 Å². The molecule has 0 unspecified atom stereocenters. The molecule has 1 heteroatoms. The largest absolute Gasteiger partial charge is 0.355 e. The zero-order chi connectivity index (χ0) is 22.4. The predicted molar refractivity (Wildman–Crippen MR) is 134 cm³/mol. The minimum absolute atomic E-state index is 0.0544. The Bertz CT molecular complexity index is 1110. The van der Waals surface area contributed by atoms with E-state index in [4.69, 9.17) is 0 Å². The number of nitrogens with one attached hydrogen (secondary N) is 1. The summed E-state index contributed by atoms with van der Waals surface area (Å²) in [5.74, 6) is 0. The zero-order valence-corrected chi connectivity index (χ0v) is 20.0. The molecule has 0 saturated carbocycles. The van der Waals surface area contributed by atoms with Crippen molar-refractivity contribution >= 4 is 11.4 Å². The Hall–Kier alpha value is -2.80. The first-order chi connectivity index (χ1) is 14.7. The molecular formula is C30H35N. The van der Waals surface area contributed by atoms with Crippen molar-refractivity contribution < 1.29 is 0 Å². The summed E-state index contributed by atoms with van der Waals surface area (Å²) in [4.78, 5) is 0. The van der Waals surface area contributed by atoms with E-state index >= 15 is 0 Å². The molecule has 0 bridgehead atoms. The summed E-state index contributed by atoms with van der Waals surface area (Å²) < 4.78 is 0. The van der Waals surface area contributed by atoms with Crippen LogP contribution in [0.2, 0.25) is 0 Å². The van der Waals surface area contributed by atoms with E-state index in [1.807, 2.05) is 0 Å². The minimum atomic E-state index is -0.210. The second-order valence-electron chi connectivity index (χ2n) is 10.1. The molecule has 0 aliphatic heterocycles. The maximum Gasteiger partial charge on any atom is 0.0426 e. The van der Waals surface area contributed by atoms with Gasteiger partial charge in [0.05, 0.1) is 0 Å². The van der Waals surface area contributed by atoms with Crippen LogP contribution < -0.4 is 5.32 Å². The molecule has 0 spiro atoms. The Morgan fingerprint density at radius 2 is 1.03 bits per heavy atom. The van der Waals surface area contributed by atoms with Crippen LogP contribution in [0.25, 0.3) is 0 Å². The van der Waals surface area contributed by atoms with Crippen LogP contribution in [0, 0.1) is 17.8 Å². The van der Waals surface area contributed by atoms with Gasteiger partial charge in [-0.2, -0.15) is 0 Å². The highest BCUT2D eigenvalue weighted by atomic mass is 14.9. The molecule has 0 aromatic heterocycles. The Kier molecular flexibility index (Phi) is 5.12. The number of benzene rings is 3. The van der Waals surface area contributed by atoms with Crippen LogP contribution >= 0.6 is 0 Å². The summed E-state index contributed by atoms with van der Waals surface area (Å²) in [7, 11) is 0. The van der Waals surface area contributed by atoms with Gasteiger partial charge < -0.3 is 5.32 Å². The fraction of sp³-hybridized carbons (Fsp3) is 0.333. The molecule has 0 fully saturated rings. The number of allylic oxidation sites excluding steroid dienone is 2. The Morgan fingerprint density at radius 3 is 1.61 bits per heavy atom. The summed E-state index contributed by atoms with van der Waals surface area (Å²) in [5, 5.41) is 3.75. The van der Waals surface area contributed by atoms with E-state index in [-0.39, 0.29) is 16.2 Å². The summed E-state index contributed by atoms with van der Waals surface area (Å²) in [6.07, 6.45) is 0. The number of hydrogen-bond acceptors (Lipinski definition) is 1. The number of hydrogen-bond donors (Lipinski definition) is 1. The van der Waals surface area contributed by atoms with E-state index in [0.717, 1.165) is 5.69 Å². The fourth-order valence-corrected chi connectivity index (χ4v) is 6.36. The first-order valence-corrected chi connectivity index (χ1v) is 11.3. The van der Waals surface area contributed by atoms with Crippen LogP contribution in [0.5, 0.6) is 0 Å².